The topological polar surface area (TPSA) is 75.6 Å². The molecule has 0 aliphatic heterocycles. The van der Waals surface area contributed by atoms with Crippen LogP contribution in [0.3, 0.4) is 0 Å². The number of nitrogens with one attached hydrogen (secondary N) is 1. The summed E-state index contributed by atoms with van der Waals surface area (Å²) in [5.41, 5.74) is 0.311. The fraction of sp³-hybridized carbons (Fsp3) is 0.778. The van der Waals surface area contributed by atoms with Crippen LogP contribution in [0, 0.1) is 11.8 Å². The van der Waals surface area contributed by atoms with Crippen molar-refractivity contribution in [2.24, 2.45) is 11.8 Å². The van der Waals surface area contributed by atoms with Crippen LogP contribution in [0.1, 0.15) is 67.2 Å². The Labute approximate surface area is 140 Å². The normalized spacial score (nSPS) is 15.4. The Hall–Kier alpha value is -1.52. The molecule has 0 unspecified atom stereocenters. The van der Waals surface area contributed by atoms with Crippen molar-refractivity contribution < 1.29 is 19.4 Å². The molecule has 0 aromatic heterocycles. The molecule has 5 nitrogen and oxygen atoms in total. The highest BCUT2D eigenvalue weighted by atomic mass is 16.6. The summed E-state index contributed by atoms with van der Waals surface area (Å²) in [5.74, 6) is -1.02. The predicted octanol–water partition coefficient (Wildman–Crippen LogP) is 4.37. The summed E-state index contributed by atoms with van der Waals surface area (Å²) < 4.78 is 5.30. The van der Waals surface area contributed by atoms with Gasteiger partial charge in [-0.05, 0) is 52.9 Å². The summed E-state index contributed by atoms with van der Waals surface area (Å²) in [5, 5.41) is 12.2. The third-order valence-electron chi connectivity index (χ3n) is 3.80. The molecule has 0 heterocycles. The molecular weight excluding hydrogens is 294 g/mol. The van der Waals surface area contributed by atoms with Gasteiger partial charge in [0, 0.05) is 6.04 Å². The van der Waals surface area contributed by atoms with E-state index in [0.717, 1.165) is 12.0 Å². The molecule has 0 aliphatic carbocycles. The number of allylic oxidation sites excluding steroid dienone is 1. The van der Waals surface area contributed by atoms with Crippen LogP contribution in [0.25, 0.3) is 0 Å². The lowest BCUT2D eigenvalue weighted by molar-refractivity contribution is -0.142. The van der Waals surface area contributed by atoms with Crippen molar-refractivity contribution in [1.82, 2.24) is 5.32 Å². The van der Waals surface area contributed by atoms with Crippen molar-refractivity contribution in [2.45, 2.75) is 78.9 Å². The minimum absolute atomic E-state index is 0.0955. The lowest BCUT2D eigenvalue weighted by Crippen LogP contribution is -2.42. The minimum Gasteiger partial charge on any atom is -0.481 e. The summed E-state index contributed by atoms with van der Waals surface area (Å²) in [6.45, 7) is 15.2. The van der Waals surface area contributed by atoms with E-state index < -0.39 is 23.6 Å². The molecule has 0 aromatic carbocycles. The first-order chi connectivity index (χ1) is 10.5. The summed E-state index contributed by atoms with van der Waals surface area (Å²) in [7, 11) is 0. The lowest BCUT2D eigenvalue weighted by Gasteiger charge is -2.27. The van der Waals surface area contributed by atoms with Gasteiger partial charge in [-0.15, -0.1) is 6.58 Å². The molecule has 0 bridgehead atoms. The zero-order valence-electron chi connectivity index (χ0n) is 15.4. The van der Waals surface area contributed by atoms with Gasteiger partial charge >= 0.3 is 12.1 Å². The van der Waals surface area contributed by atoms with Gasteiger partial charge in [0.25, 0.3) is 0 Å². The van der Waals surface area contributed by atoms with Crippen molar-refractivity contribution in [1.29, 1.82) is 0 Å². The first kappa shape index (κ1) is 21.5. The van der Waals surface area contributed by atoms with Crippen LogP contribution < -0.4 is 5.32 Å². The Morgan fingerprint density at radius 1 is 1.26 bits per heavy atom. The number of hydrogen-bond acceptors (Lipinski definition) is 3. The number of rotatable bonds is 9. The molecule has 134 valence electrons. The predicted molar refractivity (Wildman–Crippen MR) is 92.4 cm³/mol. The first-order valence-electron chi connectivity index (χ1n) is 8.33. The molecule has 0 fully saturated rings. The molecule has 0 aliphatic rings. The molecule has 0 aromatic rings. The molecular formula is C18H33NO4. The van der Waals surface area contributed by atoms with E-state index in [0.29, 0.717) is 19.3 Å². The summed E-state index contributed by atoms with van der Waals surface area (Å²) in [4.78, 5) is 23.3. The number of alkyl carbamates (subject to hydrolysis) is 1. The van der Waals surface area contributed by atoms with E-state index in [-0.39, 0.29) is 12.0 Å². The number of ether oxygens (including phenoxy) is 1. The number of carbonyl (C=O) groups is 2. The quantitative estimate of drug-likeness (QED) is 0.616. The van der Waals surface area contributed by atoms with Crippen LogP contribution in [-0.4, -0.2) is 28.8 Å². The zero-order chi connectivity index (χ0) is 18.2. The second-order valence-electron chi connectivity index (χ2n) is 7.41. The third kappa shape index (κ3) is 9.97. The maximum atomic E-state index is 12.0. The van der Waals surface area contributed by atoms with E-state index in [9.17, 15) is 14.7 Å². The lowest BCUT2D eigenvalue weighted by atomic mass is 9.89. The molecule has 0 saturated carbocycles. The van der Waals surface area contributed by atoms with Gasteiger partial charge < -0.3 is 15.2 Å². The van der Waals surface area contributed by atoms with E-state index in [1.807, 2.05) is 27.7 Å². The van der Waals surface area contributed by atoms with Crippen LogP contribution in [0.4, 0.5) is 4.79 Å². The van der Waals surface area contributed by atoms with E-state index in [1.54, 1.807) is 0 Å². The second-order valence-corrected chi connectivity index (χ2v) is 7.41. The fourth-order valence-corrected chi connectivity index (χ4v) is 2.36. The average Bonchev–Trinajstić information content (AvgIpc) is 2.38. The number of carboxylic acid groups (broad SMARTS) is 1. The van der Waals surface area contributed by atoms with Gasteiger partial charge in [0.2, 0.25) is 0 Å². The zero-order valence-corrected chi connectivity index (χ0v) is 15.4. The van der Waals surface area contributed by atoms with Gasteiger partial charge in [0.15, 0.2) is 0 Å². The molecule has 1 amide bonds. The van der Waals surface area contributed by atoms with Crippen molar-refractivity contribution in [3.63, 3.8) is 0 Å². The number of carboxylic acids is 1. The van der Waals surface area contributed by atoms with Crippen LogP contribution in [-0.2, 0) is 9.53 Å². The highest BCUT2D eigenvalue weighted by Crippen LogP contribution is 2.21. The Morgan fingerprint density at radius 3 is 2.22 bits per heavy atom. The SMILES string of the molecule is C=C(C)C[C@@H](CC[C@@H](NC(=O)OC(C)(C)C)[C@@H](C)CC)C(=O)O. The van der Waals surface area contributed by atoms with Gasteiger partial charge in [-0.3, -0.25) is 4.79 Å². The molecule has 0 saturated heterocycles. The molecule has 3 atom stereocenters. The smallest absolute Gasteiger partial charge is 0.407 e. The Kier molecular flexibility index (Phi) is 8.95. The summed E-state index contributed by atoms with van der Waals surface area (Å²) in [6.07, 6.45) is 2.04. The van der Waals surface area contributed by atoms with Crippen LogP contribution >= 0.6 is 0 Å². The largest absolute Gasteiger partial charge is 0.481 e. The highest BCUT2D eigenvalue weighted by molar-refractivity contribution is 5.70. The maximum Gasteiger partial charge on any atom is 0.407 e. The number of hydrogen-bond donors (Lipinski definition) is 2. The third-order valence-corrected chi connectivity index (χ3v) is 3.80. The molecule has 0 rings (SSSR count). The molecule has 2 N–H and O–H groups in total. The highest BCUT2D eigenvalue weighted by Gasteiger charge is 2.25. The Morgan fingerprint density at radius 2 is 1.83 bits per heavy atom. The Bertz CT molecular complexity index is 412. The summed E-state index contributed by atoms with van der Waals surface area (Å²) >= 11 is 0. The first-order valence-corrected chi connectivity index (χ1v) is 8.33. The molecule has 0 spiro atoms. The fourth-order valence-electron chi connectivity index (χ4n) is 2.36. The van der Waals surface area contributed by atoms with Gasteiger partial charge in [0.1, 0.15) is 5.60 Å². The standard InChI is InChI=1S/C18H33NO4/c1-8-13(4)15(19-17(22)23-18(5,6)7)10-9-14(16(20)21)11-12(2)3/h13-15H,2,8-11H2,1,3-7H3,(H,19,22)(H,20,21)/t13-,14+,15+/m0/s1. The molecule has 5 heteroatoms. The van der Waals surface area contributed by atoms with Gasteiger partial charge in [-0.25, -0.2) is 4.79 Å². The number of aliphatic carboxylic acids is 1. The van der Waals surface area contributed by atoms with E-state index in [2.05, 4.69) is 25.7 Å². The number of carbonyl (C=O) groups excluding carboxylic acids is 1. The van der Waals surface area contributed by atoms with Crippen molar-refractivity contribution in [2.75, 3.05) is 0 Å². The van der Waals surface area contributed by atoms with Gasteiger partial charge in [-0.1, -0.05) is 25.8 Å². The minimum atomic E-state index is -0.812. The molecule has 0 radical (unpaired) electrons. The van der Waals surface area contributed by atoms with E-state index in [4.69, 9.17) is 4.74 Å². The van der Waals surface area contributed by atoms with Crippen molar-refractivity contribution in [3.05, 3.63) is 12.2 Å². The van der Waals surface area contributed by atoms with Crippen molar-refractivity contribution in [3.8, 4) is 0 Å². The van der Waals surface area contributed by atoms with Crippen LogP contribution in [0.5, 0.6) is 0 Å². The van der Waals surface area contributed by atoms with Crippen LogP contribution in [0.2, 0.25) is 0 Å². The van der Waals surface area contributed by atoms with Crippen LogP contribution in [0.15, 0.2) is 12.2 Å². The van der Waals surface area contributed by atoms with Gasteiger partial charge in [-0.2, -0.15) is 0 Å². The Balaban J connectivity index is 4.75. The monoisotopic (exact) mass is 327 g/mol. The van der Waals surface area contributed by atoms with E-state index >= 15 is 0 Å². The number of amides is 1. The summed E-state index contributed by atoms with van der Waals surface area (Å²) in [6, 6.07) is -0.0955. The second kappa shape index (κ2) is 9.58. The molecule has 23 heavy (non-hydrogen) atoms. The van der Waals surface area contributed by atoms with Crippen molar-refractivity contribution >= 4 is 12.1 Å². The van der Waals surface area contributed by atoms with E-state index in [1.165, 1.54) is 0 Å². The maximum absolute atomic E-state index is 12.0. The average molecular weight is 327 g/mol. The van der Waals surface area contributed by atoms with Gasteiger partial charge in [0.05, 0.1) is 5.92 Å².